The van der Waals surface area contributed by atoms with E-state index in [9.17, 15) is 9.59 Å². The zero-order chi connectivity index (χ0) is 13.6. The summed E-state index contributed by atoms with van der Waals surface area (Å²) in [6, 6.07) is 0.585. The van der Waals surface area contributed by atoms with Crippen LogP contribution < -0.4 is 5.32 Å². The lowest BCUT2D eigenvalue weighted by molar-refractivity contribution is -0.131. The van der Waals surface area contributed by atoms with Crippen molar-refractivity contribution in [2.24, 2.45) is 17.8 Å². The van der Waals surface area contributed by atoms with Gasteiger partial charge in [0, 0.05) is 25.0 Å². The van der Waals surface area contributed by atoms with E-state index >= 15 is 0 Å². The largest absolute Gasteiger partial charge is 0.354 e. The predicted molar refractivity (Wildman–Crippen MR) is 72.3 cm³/mol. The Balaban J connectivity index is 1.62. The quantitative estimate of drug-likeness (QED) is 0.840. The first-order valence-corrected chi connectivity index (χ1v) is 7.64. The van der Waals surface area contributed by atoms with Crippen LogP contribution in [0.3, 0.4) is 0 Å². The highest BCUT2D eigenvalue weighted by Gasteiger charge is 2.47. The zero-order valence-corrected chi connectivity index (χ0v) is 11.9. The summed E-state index contributed by atoms with van der Waals surface area (Å²) in [6.07, 6.45) is 5.51. The summed E-state index contributed by atoms with van der Waals surface area (Å²) in [7, 11) is 0. The maximum atomic E-state index is 12.2. The molecule has 1 N–H and O–H groups in total. The number of carbonyl (C=O) groups is 2. The van der Waals surface area contributed by atoms with Gasteiger partial charge in [-0.2, -0.15) is 0 Å². The monoisotopic (exact) mass is 264 g/mol. The third-order valence-electron chi connectivity index (χ3n) is 5.06. The number of fused-ring (bicyclic) bond motifs is 2. The summed E-state index contributed by atoms with van der Waals surface area (Å²) in [5.74, 6) is 1.66. The highest BCUT2D eigenvalue weighted by atomic mass is 16.2. The van der Waals surface area contributed by atoms with Gasteiger partial charge in [-0.15, -0.1) is 0 Å². The summed E-state index contributed by atoms with van der Waals surface area (Å²) in [4.78, 5) is 26.2. The Morgan fingerprint density at radius 1 is 1.32 bits per heavy atom. The van der Waals surface area contributed by atoms with Crippen molar-refractivity contribution in [1.82, 2.24) is 10.2 Å². The topological polar surface area (TPSA) is 49.4 Å². The molecule has 2 amide bonds. The minimum absolute atomic E-state index is 0.0500. The van der Waals surface area contributed by atoms with Crippen LogP contribution in [-0.4, -0.2) is 35.3 Å². The molecule has 1 aliphatic heterocycles. The molecule has 4 atom stereocenters. The van der Waals surface area contributed by atoms with Crippen molar-refractivity contribution in [3.63, 3.8) is 0 Å². The van der Waals surface area contributed by atoms with Crippen molar-refractivity contribution in [2.45, 2.75) is 58.0 Å². The summed E-state index contributed by atoms with van der Waals surface area (Å²) in [5.41, 5.74) is 0. The van der Waals surface area contributed by atoms with E-state index in [-0.39, 0.29) is 23.8 Å². The van der Waals surface area contributed by atoms with E-state index in [1.807, 2.05) is 18.7 Å². The number of hydrogen-bond acceptors (Lipinski definition) is 2. The number of likely N-dealkylation sites (tertiary alicyclic amines) is 1. The second-order valence-electron chi connectivity index (χ2n) is 6.85. The van der Waals surface area contributed by atoms with E-state index in [1.165, 1.54) is 25.7 Å². The Hall–Kier alpha value is -1.06. The molecule has 4 nitrogen and oxygen atoms in total. The fourth-order valence-electron chi connectivity index (χ4n) is 4.22. The number of hydrogen-bond donors (Lipinski definition) is 1. The summed E-state index contributed by atoms with van der Waals surface area (Å²) >= 11 is 0. The van der Waals surface area contributed by atoms with Crippen LogP contribution in [0.2, 0.25) is 0 Å². The van der Waals surface area contributed by atoms with E-state index < -0.39 is 0 Å². The Bertz CT molecular complexity index is 394. The molecule has 106 valence electrons. The Kier molecular flexibility index (Phi) is 3.27. The van der Waals surface area contributed by atoms with Crippen molar-refractivity contribution in [3.05, 3.63) is 0 Å². The first-order chi connectivity index (χ1) is 9.04. The zero-order valence-electron chi connectivity index (χ0n) is 11.9. The molecule has 4 heteroatoms. The average molecular weight is 264 g/mol. The molecule has 19 heavy (non-hydrogen) atoms. The second-order valence-corrected chi connectivity index (χ2v) is 6.85. The first kappa shape index (κ1) is 12.9. The molecule has 1 saturated heterocycles. The van der Waals surface area contributed by atoms with Gasteiger partial charge in [0.15, 0.2) is 0 Å². The minimum atomic E-state index is -0.131. The normalized spacial score (nSPS) is 37.4. The molecule has 2 bridgehead atoms. The van der Waals surface area contributed by atoms with Gasteiger partial charge in [0.25, 0.3) is 0 Å². The van der Waals surface area contributed by atoms with Crippen molar-refractivity contribution in [1.29, 1.82) is 0 Å². The van der Waals surface area contributed by atoms with E-state index in [1.54, 1.807) is 0 Å². The van der Waals surface area contributed by atoms with E-state index in [0.717, 1.165) is 5.92 Å². The van der Waals surface area contributed by atoms with Gasteiger partial charge in [-0.25, -0.2) is 0 Å². The molecule has 0 spiro atoms. The van der Waals surface area contributed by atoms with Gasteiger partial charge in [-0.3, -0.25) is 9.59 Å². The summed E-state index contributed by atoms with van der Waals surface area (Å²) in [5, 5.41) is 2.93. The number of nitrogens with one attached hydrogen (secondary N) is 1. The van der Waals surface area contributed by atoms with Crippen LogP contribution in [-0.2, 0) is 9.59 Å². The van der Waals surface area contributed by atoms with Gasteiger partial charge in [0.2, 0.25) is 11.8 Å². The number of nitrogens with zero attached hydrogens (tertiary/aromatic N) is 1. The number of carbonyl (C=O) groups excluding carboxylic acids is 2. The molecule has 0 aromatic heterocycles. The molecule has 0 radical (unpaired) electrons. The van der Waals surface area contributed by atoms with E-state index in [2.05, 4.69) is 5.32 Å². The molecule has 4 unspecified atom stereocenters. The van der Waals surface area contributed by atoms with Gasteiger partial charge in [0.05, 0.1) is 5.92 Å². The lowest BCUT2D eigenvalue weighted by Gasteiger charge is -2.31. The maximum absolute atomic E-state index is 12.2. The second kappa shape index (κ2) is 4.80. The maximum Gasteiger partial charge on any atom is 0.225 e. The summed E-state index contributed by atoms with van der Waals surface area (Å²) < 4.78 is 0. The van der Waals surface area contributed by atoms with Gasteiger partial charge in [0.1, 0.15) is 0 Å². The average Bonchev–Trinajstić information content (AvgIpc) is 3.01. The third-order valence-corrected chi connectivity index (χ3v) is 5.06. The molecular formula is C15H24N2O2. The molecule has 3 rings (SSSR count). The van der Waals surface area contributed by atoms with Crippen molar-refractivity contribution >= 4 is 11.8 Å². The lowest BCUT2D eigenvalue weighted by Crippen LogP contribution is -2.41. The molecule has 3 aliphatic rings. The standard InChI is InChI=1S/C15H24N2O2/c1-9(2)16-15(19)12-7-14(18)17(8-12)13-6-10-3-4-11(13)5-10/h9-13H,3-8H2,1-2H3,(H,16,19). The predicted octanol–water partition coefficient (Wildman–Crippen LogP) is 1.55. The molecular weight excluding hydrogens is 240 g/mol. The van der Waals surface area contributed by atoms with Gasteiger partial charge >= 0.3 is 0 Å². The highest BCUT2D eigenvalue weighted by molar-refractivity contribution is 5.89. The van der Waals surface area contributed by atoms with Crippen molar-refractivity contribution < 1.29 is 9.59 Å². The van der Waals surface area contributed by atoms with Crippen LogP contribution in [0.15, 0.2) is 0 Å². The summed E-state index contributed by atoms with van der Waals surface area (Å²) in [6.45, 7) is 4.57. The van der Waals surface area contributed by atoms with Crippen LogP contribution in [0.1, 0.15) is 46.0 Å². The van der Waals surface area contributed by atoms with Crippen molar-refractivity contribution in [2.75, 3.05) is 6.54 Å². The SMILES string of the molecule is CC(C)NC(=O)C1CC(=O)N(C2CC3CCC2C3)C1. The Morgan fingerprint density at radius 3 is 2.68 bits per heavy atom. The van der Waals surface area contributed by atoms with E-state index in [0.29, 0.717) is 24.9 Å². The fraction of sp³-hybridized carbons (Fsp3) is 0.867. The van der Waals surface area contributed by atoms with Crippen LogP contribution in [0.5, 0.6) is 0 Å². The highest BCUT2D eigenvalue weighted by Crippen LogP contribution is 2.47. The first-order valence-electron chi connectivity index (χ1n) is 7.64. The number of amides is 2. The third kappa shape index (κ3) is 2.37. The van der Waals surface area contributed by atoms with Crippen LogP contribution in [0.4, 0.5) is 0 Å². The molecule has 3 fully saturated rings. The molecule has 2 saturated carbocycles. The molecule has 2 aliphatic carbocycles. The smallest absolute Gasteiger partial charge is 0.225 e. The van der Waals surface area contributed by atoms with E-state index in [4.69, 9.17) is 0 Å². The van der Waals surface area contributed by atoms with Crippen LogP contribution in [0.25, 0.3) is 0 Å². The molecule has 1 heterocycles. The van der Waals surface area contributed by atoms with Crippen LogP contribution >= 0.6 is 0 Å². The Morgan fingerprint density at radius 2 is 2.11 bits per heavy atom. The van der Waals surface area contributed by atoms with Gasteiger partial charge < -0.3 is 10.2 Å². The van der Waals surface area contributed by atoms with Gasteiger partial charge in [-0.1, -0.05) is 6.42 Å². The van der Waals surface area contributed by atoms with Crippen LogP contribution in [0, 0.1) is 17.8 Å². The minimum Gasteiger partial charge on any atom is -0.354 e. The van der Waals surface area contributed by atoms with Gasteiger partial charge in [-0.05, 0) is 44.9 Å². The lowest BCUT2D eigenvalue weighted by atomic mass is 9.94. The number of rotatable bonds is 3. The Labute approximate surface area is 114 Å². The fourth-order valence-corrected chi connectivity index (χ4v) is 4.22. The van der Waals surface area contributed by atoms with Crippen molar-refractivity contribution in [3.8, 4) is 0 Å². The molecule has 0 aromatic rings. The molecule has 0 aromatic carbocycles.